The van der Waals surface area contributed by atoms with Crippen LogP contribution in [0.1, 0.15) is 58.8 Å². The highest BCUT2D eigenvalue weighted by molar-refractivity contribution is 5.90. The summed E-state index contributed by atoms with van der Waals surface area (Å²) in [4.78, 5) is 27.9. The standard InChI is InChI=1S/C20H32N2O3/c1-12(2)17(18(24)22-4-3-16(23)11-22)21-19(25)20-8-13-5-14(9-20)7-15(6-13)10-20/h12-17,23H,3-11H2,1-2H3,(H,21,25)/t13?,14?,15?,16-,17?,20?/m1/s1. The van der Waals surface area contributed by atoms with Crippen LogP contribution < -0.4 is 5.32 Å². The van der Waals surface area contributed by atoms with E-state index in [1.807, 2.05) is 13.8 Å². The fourth-order valence-corrected chi connectivity index (χ4v) is 6.34. The molecule has 2 N–H and O–H groups in total. The van der Waals surface area contributed by atoms with Gasteiger partial charge in [0.15, 0.2) is 0 Å². The van der Waals surface area contributed by atoms with Gasteiger partial charge in [-0.2, -0.15) is 0 Å². The van der Waals surface area contributed by atoms with E-state index in [1.54, 1.807) is 4.90 Å². The Labute approximate surface area is 150 Å². The zero-order valence-corrected chi connectivity index (χ0v) is 15.5. The van der Waals surface area contributed by atoms with Gasteiger partial charge in [-0.25, -0.2) is 0 Å². The minimum absolute atomic E-state index is 0.0235. The van der Waals surface area contributed by atoms with Crippen LogP contribution in [0.15, 0.2) is 0 Å². The zero-order chi connectivity index (χ0) is 17.8. The van der Waals surface area contributed by atoms with E-state index in [2.05, 4.69) is 5.32 Å². The number of rotatable bonds is 4. The topological polar surface area (TPSA) is 69.6 Å². The minimum atomic E-state index is -0.467. The fraction of sp³-hybridized carbons (Fsp3) is 0.900. The van der Waals surface area contributed by atoms with Crippen molar-refractivity contribution in [1.29, 1.82) is 0 Å². The van der Waals surface area contributed by atoms with E-state index in [9.17, 15) is 14.7 Å². The Morgan fingerprint density at radius 1 is 1.08 bits per heavy atom. The summed E-state index contributed by atoms with van der Waals surface area (Å²) in [5.41, 5.74) is -0.216. The molecule has 0 aromatic carbocycles. The van der Waals surface area contributed by atoms with Crippen LogP contribution in [0.5, 0.6) is 0 Å². The van der Waals surface area contributed by atoms with Crippen LogP contribution in [0.4, 0.5) is 0 Å². The molecule has 0 aromatic rings. The lowest BCUT2D eigenvalue weighted by Gasteiger charge is -2.56. The molecule has 1 saturated heterocycles. The van der Waals surface area contributed by atoms with Crippen LogP contribution in [-0.4, -0.2) is 47.1 Å². The van der Waals surface area contributed by atoms with Crippen molar-refractivity contribution in [2.24, 2.45) is 29.1 Å². The molecular formula is C20H32N2O3. The predicted molar refractivity (Wildman–Crippen MR) is 94.6 cm³/mol. The molecule has 4 saturated carbocycles. The highest BCUT2D eigenvalue weighted by Gasteiger charge is 2.55. The summed E-state index contributed by atoms with van der Waals surface area (Å²) in [5.74, 6) is 2.32. The smallest absolute Gasteiger partial charge is 0.245 e. The van der Waals surface area contributed by atoms with Gasteiger partial charge in [-0.3, -0.25) is 9.59 Å². The molecule has 5 rings (SSSR count). The summed E-state index contributed by atoms with van der Waals surface area (Å²) in [6, 6.07) is -0.467. The fourth-order valence-electron chi connectivity index (χ4n) is 6.34. The Kier molecular flexibility index (Phi) is 4.33. The van der Waals surface area contributed by atoms with E-state index in [0.29, 0.717) is 19.5 Å². The minimum Gasteiger partial charge on any atom is -0.391 e. The third kappa shape index (κ3) is 3.09. The second-order valence-electron chi connectivity index (χ2n) is 9.62. The number of aliphatic hydroxyl groups is 1. The second-order valence-corrected chi connectivity index (χ2v) is 9.62. The molecule has 5 nitrogen and oxygen atoms in total. The summed E-state index contributed by atoms with van der Waals surface area (Å²) in [6.07, 6.45) is 7.21. The van der Waals surface area contributed by atoms with Gasteiger partial charge in [0.2, 0.25) is 11.8 Å². The van der Waals surface area contributed by atoms with Gasteiger partial charge in [0.25, 0.3) is 0 Å². The lowest BCUT2D eigenvalue weighted by atomic mass is 9.49. The Bertz CT molecular complexity index is 524. The van der Waals surface area contributed by atoms with E-state index in [4.69, 9.17) is 0 Å². The van der Waals surface area contributed by atoms with Gasteiger partial charge in [-0.15, -0.1) is 0 Å². The molecule has 5 fully saturated rings. The molecule has 25 heavy (non-hydrogen) atoms. The summed E-state index contributed by atoms with van der Waals surface area (Å²) >= 11 is 0. The molecule has 4 bridgehead atoms. The molecule has 5 aliphatic rings. The van der Waals surface area contributed by atoms with Crippen molar-refractivity contribution in [3.63, 3.8) is 0 Å². The van der Waals surface area contributed by atoms with Crippen molar-refractivity contribution in [3.8, 4) is 0 Å². The Balaban J connectivity index is 1.47. The molecule has 2 amide bonds. The average molecular weight is 348 g/mol. The number of carbonyl (C=O) groups is 2. The van der Waals surface area contributed by atoms with Crippen LogP contribution >= 0.6 is 0 Å². The average Bonchev–Trinajstić information content (AvgIpc) is 2.96. The van der Waals surface area contributed by atoms with Crippen molar-refractivity contribution in [2.45, 2.75) is 70.9 Å². The molecule has 0 spiro atoms. The Morgan fingerprint density at radius 2 is 1.64 bits per heavy atom. The molecule has 1 heterocycles. The SMILES string of the molecule is CC(C)C(NC(=O)C12CC3CC(CC(C3)C1)C2)C(=O)N1CC[C@@H](O)C1. The molecule has 1 aliphatic heterocycles. The second kappa shape index (κ2) is 6.26. The Morgan fingerprint density at radius 3 is 2.08 bits per heavy atom. The maximum atomic E-state index is 13.3. The number of nitrogens with zero attached hydrogens (tertiary/aromatic N) is 1. The van der Waals surface area contributed by atoms with Crippen LogP contribution in [0.3, 0.4) is 0 Å². The van der Waals surface area contributed by atoms with Gasteiger partial charge in [-0.1, -0.05) is 13.8 Å². The number of aliphatic hydroxyl groups excluding tert-OH is 1. The van der Waals surface area contributed by atoms with Crippen LogP contribution in [0, 0.1) is 29.1 Å². The summed E-state index contributed by atoms with van der Waals surface area (Å²) < 4.78 is 0. The monoisotopic (exact) mass is 348 g/mol. The highest BCUT2D eigenvalue weighted by Crippen LogP contribution is 2.60. The maximum Gasteiger partial charge on any atom is 0.245 e. The third-order valence-corrected chi connectivity index (χ3v) is 7.21. The van der Waals surface area contributed by atoms with Gasteiger partial charge >= 0.3 is 0 Å². The molecule has 0 aromatic heterocycles. The third-order valence-electron chi connectivity index (χ3n) is 7.21. The first-order chi connectivity index (χ1) is 11.9. The van der Waals surface area contributed by atoms with E-state index in [-0.39, 0.29) is 23.1 Å². The van der Waals surface area contributed by atoms with E-state index >= 15 is 0 Å². The molecule has 140 valence electrons. The molecule has 1 unspecified atom stereocenters. The first kappa shape index (κ1) is 17.3. The zero-order valence-electron chi connectivity index (χ0n) is 15.5. The van der Waals surface area contributed by atoms with Crippen molar-refractivity contribution in [3.05, 3.63) is 0 Å². The number of β-amino-alcohol motifs (C(OH)–C–C–N with tert-alkyl or cyclic N) is 1. The summed E-state index contributed by atoms with van der Waals surface area (Å²) in [6.45, 7) is 4.98. The predicted octanol–water partition coefficient (Wildman–Crippen LogP) is 1.94. The molecule has 0 radical (unpaired) electrons. The van der Waals surface area contributed by atoms with Crippen LogP contribution in [-0.2, 0) is 9.59 Å². The van der Waals surface area contributed by atoms with Crippen molar-refractivity contribution < 1.29 is 14.7 Å². The summed E-state index contributed by atoms with van der Waals surface area (Å²) in [5, 5.41) is 12.9. The molecule has 4 aliphatic carbocycles. The number of hydrogen-bond acceptors (Lipinski definition) is 3. The van der Waals surface area contributed by atoms with Crippen LogP contribution in [0.2, 0.25) is 0 Å². The van der Waals surface area contributed by atoms with Gasteiger partial charge in [0.05, 0.1) is 6.10 Å². The largest absolute Gasteiger partial charge is 0.391 e. The number of carbonyl (C=O) groups excluding carboxylic acids is 2. The lowest BCUT2D eigenvalue weighted by Crippen LogP contribution is -2.58. The summed E-state index contributed by atoms with van der Waals surface area (Å²) in [7, 11) is 0. The molecule has 5 heteroatoms. The van der Waals surface area contributed by atoms with Crippen molar-refractivity contribution in [1.82, 2.24) is 10.2 Å². The molecular weight excluding hydrogens is 316 g/mol. The van der Waals surface area contributed by atoms with Crippen LogP contribution in [0.25, 0.3) is 0 Å². The molecule has 2 atom stereocenters. The van der Waals surface area contributed by atoms with Crippen molar-refractivity contribution >= 4 is 11.8 Å². The van der Waals surface area contributed by atoms with Gasteiger partial charge < -0.3 is 15.3 Å². The lowest BCUT2D eigenvalue weighted by molar-refractivity contribution is -0.150. The number of likely N-dealkylation sites (tertiary alicyclic amines) is 1. The number of hydrogen-bond donors (Lipinski definition) is 2. The quantitative estimate of drug-likeness (QED) is 0.816. The first-order valence-corrected chi connectivity index (χ1v) is 10.1. The van der Waals surface area contributed by atoms with Gasteiger partial charge in [0.1, 0.15) is 6.04 Å². The maximum absolute atomic E-state index is 13.3. The van der Waals surface area contributed by atoms with Gasteiger partial charge in [-0.05, 0) is 68.6 Å². The van der Waals surface area contributed by atoms with Crippen molar-refractivity contribution in [2.75, 3.05) is 13.1 Å². The Hall–Kier alpha value is -1.10. The van der Waals surface area contributed by atoms with Gasteiger partial charge in [0, 0.05) is 18.5 Å². The highest BCUT2D eigenvalue weighted by atomic mass is 16.3. The van der Waals surface area contributed by atoms with E-state index in [1.165, 1.54) is 19.3 Å². The van der Waals surface area contributed by atoms with E-state index in [0.717, 1.165) is 37.0 Å². The number of nitrogens with one attached hydrogen (secondary N) is 1. The normalized spacial score (nSPS) is 40.6. The number of amides is 2. The first-order valence-electron chi connectivity index (χ1n) is 10.1. The van der Waals surface area contributed by atoms with E-state index < -0.39 is 12.1 Å².